The molecule has 2 amide bonds. The summed E-state index contributed by atoms with van der Waals surface area (Å²) in [5.74, 6) is -0.730. The van der Waals surface area contributed by atoms with E-state index in [4.69, 9.17) is 27.9 Å². The molecule has 0 aliphatic carbocycles. The monoisotopic (exact) mass is 398 g/mol. The zero-order chi connectivity index (χ0) is 19.3. The van der Waals surface area contributed by atoms with Crippen molar-refractivity contribution in [3.63, 3.8) is 0 Å². The number of rotatable bonds is 6. The molecule has 0 aliphatic heterocycles. The van der Waals surface area contributed by atoms with Crippen LogP contribution in [0.3, 0.4) is 0 Å². The summed E-state index contributed by atoms with van der Waals surface area (Å²) in [5.41, 5.74) is 0.848. The van der Waals surface area contributed by atoms with Crippen LogP contribution >= 0.6 is 23.2 Å². The molecule has 0 atom stereocenters. The lowest BCUT2D eigenvalue weighted by atomic mass is 10.2. The van der Waals surface area contributed by atoms with E-state index in [0.29, 0.717) is 22.1 Å². The Morgan fingerprint density at radius 3 is 2.54 bits per heavy atom. The van der Waals surface area contributed by atoms with Crippen molar-refractivity contribution in [3.8, 4) is 5.75 Å². The lowest BCUT2D eigenvalue weighted by molar-refractivity contribution is -0.117. The van der Waals surface area contributed by atoms with E-state index in [1.54, 1.807) is 18.2 Å². The first-order valence-electron chi connectivity index (χ1n) is 7.68. The third-order valence-electron chi connectivity index (χ3n) is 3.59. The molecule has 0 radical (unpaired) electrons. The Labute approximate surface area is 160 Å². The summed E-state index contributed by atoms with van der Waals surface area (Å²) in [6.45, 7) is 1.46. The summed E-state index contributed by atoms with van der Waals surface area (Å²) in [6.07, 6.45) is 0.0181. The average Bonchev–Trinajstić information content (AvgIpc) is 2.58. The van der Waals surface area contributed by atoms with Gasteiger partial charge in [-0.25, -0.2) is 4.39 Å². The van der Waals surface area contributed by atoms with E-state index in [9.17, 15) is 14.0 Å². The molecule has 0 bridgehead atoms. The van der Waals surface area contributed by atoms with Gasteiger partial charge in [0.25, 0.3) is 0 Å². The summed E-state index contributed by atoms with van der Waals surface area (Å²) in [6, 6.07) is 8.80. The second kappa shape index (κ2) is 8.87. The van der Waals surface area contributed by atoms with Crippen LogP contribution in [0.25, 0.3) is 0 Å². The maximum absolute atomic E-state index is 13.3. The molecule has 0 saturated carbocycles. The van der Waals surface area contributed by atoms with Crippen molar-refractivity contribution in [1.29, 1.82) is 0 Å². The number of amides is 2. The normalized spacial score (nSPS) is 10.3. The van der Waals surface area contributed by atoms with Gasteiger partial charge in [0.1, 0.15) is 11.6 Å². The highest BCUT2D eigenvalue weighted by atomic mass is 35.5. The number of nitrogens with zero attached hydrogens (tertiary/aromatic N) is 1. The van der Waals surface area contributed by atoms with Gasteiger partial charge in [-0.3, -0.25) is 9.59 Å². The zero-order valence-corrected chi connectivity index (χ0v) is 15.7. The third kappa shape index (κ3) is 5.09. The third-order valence-corrected chi connectivity index (χ3v) is 4.12. The van der Waals surface area contributed by atoms with Gasteiger partial charge in [0.15, 0.2) is 0 Å². The van der Waals surface area contributed by atoms with Gasteiger partial charge in [0.2, 0.25) is 11.8 Å². The summed E-state index contributed by atoms with van der Waals surface area (Å²) in [7, 11) is 1.48. The van der Waals surface area contributed by atoms with Gasteiger partial charge in [-0.2, -0.15) is 0 Å². The molecular weight excluding hydrogens is 382 g/mol. The molecule has 1 N–H and O–H groups in total. The molecule has 5 nitrogen and oxygen atoms in total. The summed E-state index contributed by atoms with van der Waals surface area (Å²) in [5, 5.41) is 3.05. The topological polar surface area (TPSA) is 58.6 Å². The Kier molecular flexibility index (Phi) is 6.83. The average molecular weight is 399 g/mol. The van der Waals surface area contributed by atoms with Crippen molar-refractivity contribution in [2.45, 2.75) is 13.3 Å². The Balaban J connectivity index is 2.07. The predicted molar refractivity (Wildman–Crippen MR) is 101 cm³/mol. The van der Waals surface area contributed by atoms with Gasteiger partial charge in [-0.1, -0.05) is 23.2 Å². The maximum atomic E-state index is 13.3. The zero-order valence-electron chi connectivity index (χ0n) is 14.2. The summed E-state index contributed by atoms with van der Waals surface area (Å²) >= 11 is 11.7. The minimum Gasteiger partial charge on any atom is -0.495 e. The Morgan fingerprint density at radius 1 is 1.19 bits per heavy atom. The molecule has 0 heterocycles. The highest BCUT2D eigenvalue weighted by Crippen LogP contribution is 2.28. The second-order valence-electron chi connectivity index (χ2n) is 5.41. The number of carbonyl (C=O) groups is 2. The molecule has 8 heteroatoms. The molecule has 0 saturated heterocycles. The first kappa shape index (κ1) is 20.0. The Morgan fingerprint density at radius 2 is 1.92 bits per heavy atom. The van der Waals surface area contributed by atoms with Gasteiger partial charge < -0.3 is 15.0 Å². The number of methoxy groups -OCH3 is 1. The smallest absolute Gasteiger partial charge is 0.226 e. The van der Waals surface area contributed by atoms with Gasteiger partial charge in [0, 0.05) is 30.6 Å². The molecular formula is C18H17Cl2FN2O3. The van der Waals surface area contributed by atoms with Crippen LogP contribution in [-0.2, 0) is 9.59 Å². The van der Waals surface area contributed by atoms with E-state index < -0.39 is 5.82 Å². The van der Waals surface area contributed by atoms with E-state index in [-0.39, 0.29) is 29.8 Å². The molecule has 0 aliphatic rings. The van der Waals surface area contributed by atoms with Crippen molar-refractivity contribution in [1.82, 2.24) is 0 Å². The Hall–Kier alpha value is -2.31. The SMILES string of the molecule is COc1ccc(Cl)cc1NC(=O)CCN(C(C)=O)c1ccc(F)c(Cl)c1. The Bertz CT molecular complexity index is 830. The van der Waals surface area contributed by atoms with Crippen LogP contribution in [0.5, 0.6) is 5.75 Å². The van der Waals surface area contributed by atoms with Crippen LogP contribution in [0.1, 0.15) is 13.3 Å². The molecule has 138 valence electrons. The van der Waals surface area contributed by atoms with Crippen LogP contribution in [-0.4, -0.2) is 25.5 Å². The van der Waals surface area contributed by atoms with Gasteiger partial charge in [0.05, 0.1) is 17.8 Å². The van der Waals surface area contributed by atoms with E-state index >= 15 is 0 Å². The minimum absolute atomic E-state index is 0.0181. The van der Waals surface area contributed by atoms with Crippen LogP contribution in [0, 0.1) is 5.82 Å². The molecule has 0 fully saturated rings. The van der Waals surface area contributed by atoms with E-state index in [0.717, 1.165) is 0 Å². The number of ether oxygens (including phenoxy) is 1. The van der Waals surface area contributed by atoms with Crippen molar-refractivity contribution in [3.05, 3.63) is 52.3 Å². The minimum atomic E-state index is -0.579. The van der Waals surface area contributed by atoms with Crippen molar-refractivity contribution in [2.24, 2.45) is 0 Å². The molecule has 2 aromatic rings. The lowest BCUT2D eigenvalue weighted by Crippen LogP contribution is -2.32. The molecule has 0 unspecified atom stereocenters. The second-order valence-corrected chi connectivity index (χ2v) is 6.26. The first-order chi connectivity index (χ1) is 12.3. The first-order valence-corrected chi connectivity index (χ1v) is 8.44. The van der Waals surface area contributed by atoms with Gasteiger partial charge >= 0.3 is 0 Å². The van der Waals surface area contributed by atoms with Gasteiger partial charge in [-0.05, 0) is 36.4 Å². The highest BCUT2D eigenvalue weighted by molar-refractivity contribution is 6.31. The molecule has 26 heavy (non-hydrogen) atoms. The molecule has 2 rings (SSSR count). The number of halogens is 3. The largest absolute Gasteiger partial charge is 0.495 e. The summed E-state index contributed by atoms with van der Waals surface area (Å²) < 4.78 is 18.5. The molecule has 0 aromatic heterocycles. The number of nitrogens with one attached hydrogen (secondary N) is 1. The fourth-order valence-electron chi connectivity index (χ4n) is 2.33. The maximum Gasteiger partial charge on any atom is 0.226 e. The van der Waals surface area contributed by atoms with Crippen molar-refractivity contribution in [2.75, 3.05) is 23.9 Å². The lowest BCUT2D eigenvalue weighted by Gasteiger charge is -2.21. The highest BCUT2D eigenvalue weighted by Gasteiger charge is 2.16. The fourth-order valence-corrected chi connectivity index (χ4v) is 2.67. The van der Waals surface area contributed by atoms with E-state index in [1.807, 2.05) is 0 Å². The molecule has 2 aromatic carbocycles. The van der Waals surface area contributed by atoms with Crippen molar-refractivity contribution < 1.29 is 18.7 Å². The fraction of sp³-hybridized carbons (Fsp3) is 0.222. The van der Waals surface area contributed by atoms with Crippen molar-refractivity contribution >= 4 is 46.4 Å². The van der Waals surface area contributed by atoms with E-state index in [1.165, 1.54) is 37.1 Å². The number of benzene rings is 2. The predicted octanol–water partition coefficient (Wildman–Crippen LogP) is 4.52. The molecule has 0 spiro atoms. The summed E-state index contributed by atoms with van der Waals surface area (Å²) in [4.78, 5) is 25.5. The standard InChI is InChI=1S/C18H17Cl2FN2O3/c1-11(24)23(13-4-5-15(21)14(20)10-13)8-7-18(25)22-16-9-12(19)3-6-17(16)26-2/h3-6,9-10H,7-8H2,1-2H3,(H,22,25). The number of anilines is 2. The number of carbonyl (C=O) groups excluding carboxylic acids is 2. The van der Waals surface area contributed by atoms with Crippen LogP contribution in [0.4, 0.5) is 15.8 Å². The quantitative estimate of drug-likeness (QED) is 0.777. The van der Waals surface area contributed by atoms with Crippen LogP contribution in [0.15, 0.2) is 36.4 Å². The van der Waals surface area contributed by atoms with E-state index in [2.05, 4.69) is 5.32 Å². The van der Waals surface area contributed by atoms with Gasteiger partial charge in [-0.15, -0.1) is 0 Å². The van der Waals surface area contributed by atoms with Crippen LogP contribution in [0.2, 0.25) is 10.0 Å². The number of hydrogen-bond donors (Lipinski definition) is 1. The van der Waals surface area contributed by atoms with Crippen LogP contribution < -0.4 is 15.0 Å². The number of hydrogen-bond acceptors (Lipinski definition) is 3.